The molecule has 1 aliphatic heterocycles. The Kier molecular flexibility index (Phi) is 5.76. The first kappa shape index (κ1) is 19.3. The fourth-order valence-corrected chi connectivity index (χ4v) is 4.34. The van der Waals surface area contributed by atoms with Gasteiger partial charge < -0.3 is 9.64 Å². The average Bonchev–Trinajstić information content (AvgIpc) is 2.60. The lowest BCUT2D eigenvalue weighted by Gasteiger charge is -2.30. The van der Waals surface area contributed by atoms with Crippen LogP contribution < -0.4 is 9.62 Å². The van der Waals surface area contributed by atoms with Crippen LogP contribution in [0, 0.1) is 5.82 Å². The van der Waals surface area contributed by atoms with Crippen LogP contribution in [-0.4, -0.2) is 34.6 Å². The molecule has 0 saturated heterocycles. The van der Waals surface area contributed by atoms with Crippen LogP contribution in [0.25, 0.3) is 0 Å². The zero-order valence-corrected chi connectivity index (χ0v) is 15.8. The van der Waals surface area contributed by atoms with Gasteiger partial charge in [-0.1, -0.05) is 18.2 Å². The number of amides is 1. The Bertz CT molecular complexity index is 946. The molecular weight excluding hydrogens is 371 g/mol. The highest BCUT2D eigenvalue weighted by atomic mass is 32.2. The van der Waals surface area contributed by atoms with Crippen molar-refractivity contribution in [3.8, 4) is 0 Å². The second kappa shape index (κ2) is 8.06. The van der Waals surface area contributed by atoms with Crippen LogP contribution in [0.3, 0.4) is 0 Å². The Balaban J connectivity index is 1.81. The molecule has 0 aliphatic carbocycles. The van der Waals surface area contributed by atoms with Gasteiger partial charge in [0.25, 0.3) is 5.91 Å². The van der Waals surface area contributed by atoms with Crippen LogP contribution in [0.2, 0.25) is 0 Å². The summed E-state index contributed by atoms with van der Waals surface area (Å²) < 4.78 is 45.6. The van der Waals surface area contributed by atoms with E-state index in [2.05, 4.69) is 4.72 Å². The second-order valence-electron chi connectivity index (χ2n) is 6.42. The number of nitrogens with zero attached hydrogens (tertiary/aromatic N) is 1. The number of sulfonamides is 1. The second-order valence-corrected chi connectivity index (χ2v) is 8.14. The van der Waals surface area contributed by atoms with Crippen molar-refractivity contribution < 1.29 is 22.3 Å². The van der Waals surface area contributed by atoms with Crippen LogP contribution in [0.5, 0.6) is 0 Å². The largest absolute Gasteiger partial charge is 0.375 e. The van der Waals surface area contributed by atoms with E-state index in [4.69, 9.17) is 4.74 Å². The molecule has 0 atom stereocenters. The summed E-state index contributed by atoms with van der Waals surface area (Å²) in [4.78, 5) is 13.9. The fraction of sp³-hybridized carbons (Fsp3) is 0.316. The number of nitrogens with one attached hydrogen (secondary N) is 1. The van der Waals surface area contributed by atoms with Crippen LogP contribution in [0.15, 0.2) is 42.5 Å². The quantitative estimate of drug-likeness (QED) is 0.820. The SMILES string of the molecule is COCC(=O)N1CCCc2ccc(NS(=O)(=O)Cc3cccc(F)c3)cc21. The van der Waals surface area contributed by atoms with Crippen molar-refractivity contribution in [3.05, 3.63) is 59.4 Å². The molecule has 8 heteroatoms. The Morgan fingerprint density at radius 1 is 1.26 bits per heavy atom. The number of methoxy groups -OCH3 is 1. The van der Waals surface area contributed by atoms with E-state index in [0.717, 1.165) is 18.4 Å². The number of aryl methyl sites for hydroxylation is 1. The summed E-state index contributed by atoms with van der Waals surface area (Å²) in [5.74, 6) is -0.990. The number of halogens is 1. The molecule has 1 amide bonds. The van der Waals surface area contributed by atoms with Crippen LogP contribution >= 0.6 is 0 Å². The molecule has 2 aromatic rings. The van der Waals surface area contributed by atoms with Gasteiger partial charge in [0.05, 0.1) is 11.4 Å². The van der Waals surface area contributed by atoms with Crippen molar-refractivity contribution in [1.29, 1.82) is 0 Å². The summed E-state index contributed by atoms with van der Waals surface area (Å²) in [7, 11) is -2.27. The molecule has 0 aromatic heterocycles. The number of fused-ring (bicyclic) bond motifs is 1. The third-order valence-corrected chi connectivity index (χ3v) is 5.55. The van der Waals surface area contributed by atoms with Crippen molar-refractivity contribution in [3.63, 3.8) is 0 Å². The van der Waals surface area contributed by atoms with E-state index in [0.29, 0.717) is 23.5 Å². The highest BCUT2D eigenvalue weighted by Crippen LogP contribution is 2.30. The van der Waals surface area contributed by atoms with Crippen molar-refractivity contribution >= 4 is 27.3 Å². The molecule has 0 saturated carbocycles. The Morgan fingerprint density at radius 2 is 2.07 bits per heavy atom. The van der Waals surface area contributed by atoms with E-state index in [-0.39, 0.29) is 18.3 Å². The van der Waals surface area contributed by atoms with Gasteiger partial charge in [-0.05, 0) is 48.2 Å². The zero-order chi connectivity index (χ0) is 19.4. The number of hydrogen-bond acceptors (Lipinski definition) is 4. The summed E-state index contributed by atoms with van der Waals surface area (Å²) in [5, 5.41) is 0. The number of ether oxygens (including phenoxy) is 1. The lowest BCUT2D eigenvalue weighted by molar-refractivity contribution is -0.122. The third-order valence-electron chi connectivity index (χ3n) is 4.29. The summed E-state index contributed by atoms with van der Waals surface area (Å²) in [6.45, 7) is 0.531. The minimum absolute atomic E-state index is 0.0328. The van der Waals surface area contributed by atoms with E-state index in [1.807, 2.05) is 6.07 Å². The Labute approximate surface area is 158 Å². The van der Waals surface area contributed by atoms with E-state index >= 15 is 0 Å². The molecule has 0 unspecified atom stereocenters. The number of rotatable bonds is 6. The Hall–Kier alpha value is -2.45. The smallest absolute Gasteiger partial charge is 0.252 e. The first-order chi connectivity index (χ1) is 12.9. The van der Waals surface area contributed by atoms with Crippen molar-refractivity contribution in [2.45, 2.75) is 18.6 Å². The van der Waals surface area contributed by atoms with Gasteiger partial charge in [0.1, 0.15) is 12.4 Å². The number of carbonyl (C=O) groups is 1. The minimum Gasteiger partial charge on any atom is -0.375 e. The molecule has 1 heterocycles. The van der Waals surface area contributed by atoms with Gasteiger partial charge in [0, 0.05) is 19.3 Å². The maximum absolute atomic E-state index is 13.3. The lowest BCUT2D eigenvalue weighted by Crippen LogP contribution is -2.37. The maximum atomic E-state index is 13.3. The number of anilines is 2. The monoisotopic (exact) mass is 392 g/mol. The van der Waals surface area contributed by atoms with Gasteiger partial charge in [-0.25, -0.2) is 12.8 Å². The van der Waals surface area contributed by atoms with Gasteiger partial charge in [-0.2, -0.15) is 0 Å². The van der Waals surface area contributed by atoms with E-state index in [1.165, 1.54) is 25.3 Å². The van der Waals surface area contributed by atoms with E-state index < -0.39 is 15.8 Å². The van der Waals surface area contributed by atoms with Crippen molar-refractivity contribution in [2.24, 2.45) is 0 Å². The minimum atomic E-state index is -3.72. The standard InChI is InChI=1S/C19H21FN2O4S/c1-26-12-19(23)22-9-3-5-15-7-8-17(11-18(15)22)21-27(24,25)13-14-4-2-6-16(20)10-14/h2,4,6-8,10-11,21H,3,5,9,12-13H2,1H3. The number of hydrogen-bond donors (Lipinski definition) is 1. The topological polar surface area (TPSA) is 75.7 Å². The molecule has 6 nitrogen and oxygen atoms in total. The summed E-state index contributed by atoms with van der Waals surface area (Å²) in [5.41, 5.74) is 2.40. The van der Waals surface area contributed by atoms with E-state index in [9.17, 15) is 17.6 Å². The molecule has 0 fully saturated rings. The predicted octanol–water partition coefficient (Wildman–Crippen LogP) is 2.69. The van der Waals surface area contributed by atoms with Crippen LogP contribution in [0.1, 0.15) is 17.5 Å². The molecule has 27 heavy (non-hydrogen) atoms. The molecule has 0 radical (unpaired) electrons. The summed E-state index contributed by atoms with van der Waals surface area (Å²) in [6.07, 6.45) is 1.66. The fourth-order valence-electron chi connectivity index (χ4n) is 3.16. The summed E-state index contributed by atoms with van der Waals surface area (Å²) in [6, 6.07) is 10.6. The molecule has 2 aromatic carbocycles. The third kappa shape index (κ3) is 4.84. The predicted molar refractivity (Wildman–Crippen MR) is 102 cm³/mol. The normalized spacial score (nSPS) is 13.9. The highest BCUT2D eigenvalue weighted by molar-refractivity contribution is 7.91. The van der Waals surface area contributed by atoms with Gasteiger partial charge >= 0.3 is 0 Å². The van der Waals surface area contributed by atoms with Gasteiger partial charge in [-0.15, -0.1) is 0 Å². The number of benzene rings is 2. The molecule has 1 N–H and O–H groups in total. The molecule has 144 valence electrons. The lowest BCUT2D eigenvalue weighted by atomic mass is 10.0. The van der Waals surface area contributed by atoms with Crippen molar-refractivity contribution in [1.82, 2.24) is 0 Å². The van der Waals surface area contributed by atoms with Crippen molar-refractivity contribution in [2.75, 3.05) is 29.9 Å². The zero-order valence-electron chi connectivity index (χ0n) is 14.9. The number of carbonyl (C=O) groups excluding carboxylic acids is 1. The molecule has 1 aliphatic rings. The molecule has 0 spiro atoms. The first-order valence-corrected chi connectivity index (χ1v) is 10.2. The van der Waals surface area contributed by atoms with Gasteiger partial charge in [0.2, 0.25) is 10.0 Å². The van der Waals surface area contributed by atoms with Gasteiger partial charge in [0.15, 0.2) is 0 Å². The van der Waals surface area contributed by atoms with E-state index in [1.54, 1.807) is 23.1 Å². The first-order valence-electron chi connectivity index (χ1n) is 8.55. The average molecular weight is 392 g/mol. The molecule has 0 bridgehead atoms. The van der Waals surface area contributed by atoms with Gasteiger partial charge in [-0.3, -0.25) is 9.52 Å². The molecular formula is C19H21FN2O4S. The molecule has 3 rings (SSSR count). The highest BCUT2D eigenvalue weighted by Gasteiger charge is 2.23. The van der Waals surface area contributed by atoms with Crippen LogP contribution in [-0.2, 0) is 31.7 Å². The summed E-state index contributed by atoms with van der Waals surface area (Å²) >= 11 is 0. The Morgan fingerprint density at radius 3 is 2.81 bits per heavy atom. The van der Waals surface area contributed by atoms with Crippen LogP contribution in [0.4, 0.5) is 15.8 Å². The maximum Gasteiger partial charge on any atom is 0.252 e.